The summed E-state index contributed by atoms with van der Waals surface area (Å²) in [6, 6.07) is 8.82. The van der Waals surface area contributed by atoms with Gasteiger partial charge in [-0.2, -0.15) is 0 Å². The van der Waals surface area contributed by atoms with Crippen LogP contribution in [0, 0.1) is 13.8 Å². The fraction of sp³-hybridized carbons (Fsp3) is 0.133. The van der Waals surface area contributed by atoms with Gasteiger partial charge >= 0.3 is 0 Å². The molecule has 2 aromatic rings. The van der Waals surface area contributed by atoms with Crippen LogP contribution >= 0.6 is 27.5 Å². The van der Waals surface area contributed by atoms with Crippen molar-refractivity contribution in [3.8, 4) is 0 Å². The molecule has 0 aliphatic rings. The molecule has 0 aromatic heterocycles. The molecule has 3 N–H and O–H groups in total. The fourth-order valence-corrected chi connectivity index (χ4v) is 2.61. The lowest BCUT2D eigenvalue weighted by Crippen LogP contribution is -2.14. The number of hydrogen-bond donors (Lipinski definition) is 2. The van der Waals surface area contributed by atoms with Crippen LogP contribution in [0.4, 0.5) is 11.4 Å². The molecule has 0 saturated carbocycles. The van der Waals surface area contributed by atoms with Crippen molar-refractivity contribution < 1.29 is 4.79 Å². The minimum absolute atomic E-state index is 0.243. The number of nitrogens with one attached hydrogen (secondary N) is 1. The first-order valence-corrected chi connectivity index (χ1v) is 7.18. The number of hydrogen-bond acceptors (Lipinski definition) is 2. The lowest BCUT2D eigenvalue weighted by Gasteiger charge is -2.13. The Kier molecular flexibility index (Phi) is 4.35. The Balaban J connectivity index is 2.35. The monoisotopic (exact) mass is 352 g/mol. The minimum Gasteiger partial charge on any atom is -0.399 e. The third-order valence-corrected chi connectivity index (χ3v) is 3.79. The predicted octanol–water partition coefficient (Wildman–Crippen LogP) is 4.55. The van der Waals surface area contributed by atoms with Gasteiger partial charge in [0.2, 0.25) is 0 Å². The third kappa shape index (κ3) is 3.14. The summed E-state index contributed by atoms with van der Waals surface area (Å²) in [6.45, 7) is 3.81. The first kappa shape index (κ1) is 14.9. The first-order chi connectivity index (χ1) is 9.38. The van der Waals surface area contributed by atoms with Crippen LogP contribution in [0.2, 0.25) is 5.02 Å². The molecule has 0 aliphatic heterocycles. The van der Waals surface area contributed by atoms with Crippen molar-refractivity contribution in [2.45, 2.75) is 13.8 Å². The number of rotatable bonds is 2. The zero-order chi connectivity index (χ0) is 14.9. The van der Waals surface area contributed by atoms with E-state index in [-0.39, 0.29) is 5.91 Å². The lowest BCUT2D eigenvalue weighted by atomic mass is 10.1. The van der Waals surface area contributed by atoms with E-state index in [1.165, 1.54) is 0 Å². The highest BCUT2D eigenvalue weighted by Crippen LogP contribution is 2.26. The number of carbonyl (C=O) groups excluding carboxylic acids is 1. The molecule has 0 spiro atoms. The Morgan fingerprint density at radius 1 is 1.20 bits per heavy atom. The standard InChI is InChI=1S/C15H14BrClN2O/c1-8-5-11(18)6-9(2)14(8)19-15(20)12-7-10(16)3-4-13(12)17/h3-7H,18H2,1-2H3,(H,19,20). The Morgan fingerprint density at radius 3 is 2.40 bits per heavy atom. The van der Waals surface area contributed by atoms with Gasteiger partial charge in [-0.15, -0.1) is 0 Å². The average Bonchev–Trinajstić information content (AvgIpc) is 2.36. The summed E-state index contributed by atoms with van der Waals surface area (Å²) in [6.07, 6.45) is 0. The van der Waals surface area contributed by atoms with Crippen LogP contribution in [-0.2, 0) is 0 Å². The Morgan fingerprint density at radius 2 is 1.80 bits per heavy atom. The summed E-state index contributed by atoms with van der Waals surface area (Å²) < 4.78 is 0.804. The molecule has 104 valence electrons. The number of nitrogens with two attached hydrogens (primary N) is 1. The molecule has 0 heterocycles. The number of halogens is 2. The number of anilines is 2. The third-order valence-electron chi connectivity index (χ3n) is 2.97. The summed E-state index contributed by atoms with van der Waals surface area (Å²) >= 11 is 9.39. The van der Waals surface area contributed by atoms with Gasteiger partial charge in [-0.25, -0.2) is 0 Å². The van der Waals surface area contributed by atoms with E-state index in [1.54, 1.807) is 18.2 Å². The van der Waals surface area contributed by atoms with Crippen LogP contribution < -0.4 is 11.1 Å². The van der Waals surface area contributed by atoms with Crippen molar-refractivity contribution in [1.29, 1.82) is 0 Å². The molecule has 2 aromatic carbocycles. The van der Waals surface area contributed by atoms with Gasteiger partial charge in [0, 0.05) is 15.8 Å². The molecule has 2 rings (SSSR count). The molecular weight excluding hydrogens is 340 g/mol. The van der Waals surface area contributed by atoms with Crippen molar-refractivity contribution in [3.63, 3.8) is 0 Å². The summed E-state index contributed by atoms with van der Waals surface area (Å²) in [5.74, 6) is -0.243. The summed E-state index contributed by atoms with van der Waals surface area (Å²) in [7, 11) is 0. The van der Waals surface area contributed by atoms with Crippen LogP contribution in [0.25, 0.3) is 0 Å². The number of benzene rings is 2. The topological polar surface area (TPSA) is 55.1 Å². The smallest absolute Gasteiger partial charge is 0.257 e. The van der Waals surface area contributed by atoms with E-state index in [1.807, 2.05) is 26.0 Å². The SMILES string of the molecule is Cc1cc(N)cc(C)c1NC(=O)c1cc(Br)ccc1Cl. The molecule has 0 unspecified atom stereocenters. The van der Waals surface area contributed by atoms with Crippen LogP contribution in [-0.4, -0.2) is 5.91 Å². The first-order valence-electron chi connectivity index (χ1n) is 6.01. The highest BCUT2D eigenvalue weighted by Gasteiger charge is 2.13. The molecule has 20 heavy (non-hydrogen) atoms. The van der Waals surface area contributed by atoms with Gasteiger partial charge in [0.25, 0.3) is 5.91 Å². The lowest BCUT2D eigenvalue weighted by molar-refractivity contribution is 0.102. The average molecular weight is 354 g/mol. The largest absolute Gasteiger partial charge is 0.399 e. The van der Waals surface area contributed by atoms with E-state index >= 15 is 0 Å². The van der Waals surface area contributed by atoms with E-state index in [0.717, 1.165) is 21.3 Å². The second kappa shape index (κ2) is 5.85. The van der Waals surface area contributed by atoms with Crippen LogP contribution in [0.15, 0.2) is 34.8 Å². The van der Waals surface area contributed by atoms with Crippen LogP contribution in [0.1, 0.15) is 21.5 Å². The summed E-state index contributed by atoms with van der Waals surface area (Å²) in [5.41, 5.74) is 9.48. The highest BCUT2D eigenvalue weighted by atomic mass is 79.9. The minimum atomic E-state index is -0.243. The van der Waals surface area contributed by atoms with Crippen LogP contribution in [0.5, 0.6) is 0 Å². The number of aryl methyl sites for hydroxylation is 2. The molecule has 5 heteroatoms. The molecule has 1 amide bonds. The predicted molar refractivity (Wildman–Crippen MR) is 87.4 cm³/mol. The zero-order valence-corrected chi connectivity index (χ0v) is 13.5. The van der Waals surface area contributed by atoms with E-state index in [2.05, 4.69) is 21.2 Å². The molecule has 0 aliphatic carbocycles. The van der Waals surface area contributed by atoms with Crippen molar-refractivity contribution in [3.05, 3.63) is 56.5 Å². The fourth-order valence-electron chi connectivity index (χ4n) is 2.05. The summed E-state index contributed by atoms with van der Waals surface area (Å²) in [5, 5.41) is 3.30. The van der Waals surface area contributed by atoms with Crippen molar-refractivity contribution in [2.24, 2.45) is 0 Å². The normalized spacial score (nSPS) is 10.4. The summed E-state index contributed by atoms with van der Waals surface area (Å²) in [4.78, 5) is 12.3. The van der Waals surface area contributed by atoms with Crippen LogP contribution in [0.3, 0.4) is 0 Å². The van der Waals surface area contributed by atoms with Gasteiger partial charge in [0.05, 0.1) is 10.6 Å². The number of nitrogen functional groups attached to an aromatic ring is 1. The van der Waals surface area contributed by atoms with Crippen molar-refractivity contribution in [1.82, 2.24) is 0 Å². The molecular formula is C15H14BrClN2O. The van der Waals surface area contributed by atoms with E-state index in [0.29, 0.717) is 16.3 Å². The van der Waals surface area contributed by atoms with Gasteiger partial charge in [-0.05, 0) is 55.3 Å². The van der Waals surface area contributed by atoms with Gasteiger partial charge in [0.15, 0.2) is 0 Å². The number of amides is 1. The van der Waals surface area contributed by atoms with Gasteiger partial charge in [0.1, 0.15) is 0 Å². The van der Waals surface area contributed by atoms with E-state index in [4.69, 9.17) is 17.3 Å². The molecule has 0 bridgehead atoms. The number of carbonyl (C=O) groups is 1. The van der Waals surface area contributed by atoms with Gasteiger partial charge < -0.3 is 11.1 Å². The molecule has 3 nitrogen and oxygen atoms in total. The molecule has 0 atom stereocenters. The molecule has 0 radical (unpaired) electrons. The van der Waals surface area contributed by atoms with E-state index in [9.17, 15) is 4.79 Å². The van der Waals surface area contributed by atoms with E-state index < -0.39 is 0 Å². The Bertz CT molecular complexity index is 663. The highest BCUT2D eigenvalue weighted by molar-refractivity contribution is 9.10. The Hall–Kier alpha value is -1.52. The Labute approximate surface area is 131 Å². The van der Waals surface area contributed by atoms with Crippen molar-refractivity contribution in [2.75, 3.05) is 11.1 Å². The quantitative estimate of drug-likeness (QED) is 0.778. The molecule has 0 fully saturated rings. The second-order valence-corrected chi connectivity index (χ2v) is 5.93. The van der Waals surface area contributed by atoms with Gasteiger partial charge in [-0.3, -0.25) is 4.79 Å². The second-order valence-electron chi connectivity index (χ2n) is 4.61. The maximum Gasteiger partial charge on any atom is 0.257 e. The maximum atomic E-state index is 12.3. The van der Waals surface area contributed by atoms with Crippen molar-refractivity contribution >= 4 is 44.8 Å². The molecule has 0 saturated heterocycles. The maximum absolute atomic E-state index is 12.3. The van der Waals surface area contributed by atoms with Gasteiger partial charge in [-0.1, -0.05) is 27.5 Å². The zero-order valence-electron chi connectivity index (χ0n) is 11.1.